The van der Waals surface area contributed by atoms with E-state index in [9.17, 15) is 9.18 Å². The number of hydrogen-bond acceptors (Lipinski definition) is 4. The monoisotopic (exact) mass is 349 g/mol. The van der Waals surface area contributed by atoms with Crippen LogP contribution in [-0.4, -0.2) is 20.2 Å². The van der Waals surface area contributed by atoms with Crippen molar-refractivity contribution in [1.29, 1.82) is 0 Å². The number of fused-ring (bicyclic) bond motifs is 1. The molecule has 0 aliphatic heterocycles. The van der Waals surface area contributed by atoms with Gasteiger partial charge in [-0.1, -0.05) is 12.1 Å². The molecule has 0 spiro atoms. The first-order valence-electron chi connectivity index (χ1n) is 8.17. The lowest BCUT2D eigenvalue weighted by molar-refractivity contribution is 0.628. The highest BCUT2D eigenvalue weighted by Crippen LogP contribution is 2.21. The SMILES string of the molecule is O=c1[nH]c(CNCc2cn[nH]c2-c2ccc(F)cc2)nc2ccccc12. The number of para-hydroxylation sites is 1. The van der Waals surface area contributed by atoms with Gasteiger partial charge < -0.3 is 10.3 Å². The van der Waals surface area contributed by atoms with E-state index in [1.54, 1.807) is 24.4 Å². The Hall–Kier alpha value is -3.32. The summed E-state index contributed by atoms with van der Waals surface area (Å²) in [6.45, 7) is 0.938. The van der Waals surface area contributed by atoms with E-state index in [0.717, 1.165) is 16.8 Å². The molecule has 0 aliphatic rings. The molecule has 7 heteroatoms. The normalized spacial score (nSPS) is 11.1. The highest BCUT2D eigenvalue weighted by atomic mass is 19.1. The smallest absolute Gasteiger partial charge is 0.258 e. The van der Waals surface area contributed by atoms with Gasteiger partial charge in [-0.15, -0.1) is 0 Å². The zero-order valence-electron chi connectivity index (χ0n) is 13.8. The van der Waals surface area contributed by atoms with Crippen LogP contribution in [0.1, 0.15) is 11.4 Å². The van der Waals surface area contributed by atoms with Crippen LogP contribution in [0.3, 0.4) is 0 Å². The average Bonchev–Trinajstić information content (AvgIpc) is 3.11. The molecule has 0 unspecified atom stereocenters. The highest BCUT2D eigenvalue weighted by Gasteiger charge is 2.08. The predicted molar refractivity (Wildman–Crippen MR) is 96.9 cm³/mol. The summed E-state index contributed by atoms with van der Waals surface area (Å²) >= 11 is 0. The fourth-order valence-electron chi connectivity index (χ4n) is 2.85. The molecule has 0 amide bonds. The molecule has 0 atom stereocenters. The third-order valence-electron chi connectivity index (χ3n) is 4.12. The van der Waals surface area contributed by atoms with E-state index in [-0.39, 0.29) is 11.4 Å². The Morgan fingerprint density at radius 1 is 1.04 bits per heavy atom. The molecule has 0 saturated carbocycles. The minimum Gasteiger partial charge on any atom is -0.309 e. The number of nitrogens with one attached hydrogen (secondary N) is 3. The standard InChI is InChI=1S/C19H16FN5O/c20-14-7-5-12(6-8-14)18-13(10-22-25-18)9-21-11-17-23-16-4-2-1-3-15(16)19(26)24-17/h1-8,10,21H,9,11H2,(H,22,25)(H,23,24,26). The van der Waals surface area contributed by atoms with Crippen LogP contribution < -0.4 is 10.9 Å². The molecule has 0 saturated heterocycles. The second-order valence-corrected chi connectivity index (χ2v) is 5.91. The number of nitrogens with zero attached hydrogens (tertiary/aromatic N) is 2. The van der Waals surface area contributed by atoms with Gasteiger partial charge in [0.2, 0.25) is 0 Å². The second-order valence-electron chi connectivity index (χ2n) is 5.91. The Bertz CT molecular complexity index is 1100. The number of H-pyrrole nitrogens is 2. The van der Waals surface area contributed by atoms with Gasteiger partial charge in [-0.2, -0.15) is 5.10 Å². The van der Waals surface area contributed by atoms with Gasteiger partial charge >= 0.3 is 0 Å². The molecule has 4 rings (SSSR count). The van der Waals surface area contributed by atoms with Crippen molar-refractivity contribution in [3.05, 3.63) is 82.3 Å². The number of hydrogen-bond donors (Lipinski definition) is 3. The minimum absolute atomic E-state index is 0.150. The average molecular weight is 349 g/mol. The van der Waals surface area contributed by atoms with E-state index in [4.69, 9.17) is 0 Å². The maximum atomic E-state index is 13.1. The Kier molecular flexibility index (Phi) is 4.28. The summed E-state index contributed by atoms with van der Waals surface area (Å²) in [7, 11) is 0. The lowest BCUT2D eigenvalue weighted by atomic mass is 10.1. The van der Waals surface area contributed by atoms with Crippen LogP contribution in [0.25, 0.3) is 22.2 Å². The summed E-state index contributed by atoms with van der Waals surface area (Å²) in [6.07, 6.45) is 1.72. The molecular formula is C19H16FN5O. The molecule has 0 aliphatic carbocycles. The van der Waals surface area contributed by atoms with Crippen molar-refractivity contribution in [2.24, 2.45) is 0 Å². The van der Waals surface area contributed by atoms with E-state index in [0.29, 0.717) is 29.8 Å². The van der Waals surface area contributed by atoms with E-state index in [1.807, 2.05) is 18.2 Å². The molecule has 26 heavy (non-hydrogen) atoms. The first-order chi connectivity index (χ1) is 12.7. The molecule has 6 nitrogen and oxygen atoms in total. The van der Waals surface area contributed by atoms with Gasteiger partial charge in [0.25, 0.3) is 5.56 Å². The maximum absolute atomic E-state index is 13.1. The van der Waals surface area contributed by atoms with Crippen molar-refractivity contribution in [3.63, 3.8) is 0 Å². The molecule has 0 bridgehead atoms. The summed E-state index contributed by atoms with van der Waals surface area (Å²) in [5.74, 6) is 0.291. The minimum atomic E-state index is -0.278. The van der Waals surface area contributed by atoms with E-state index < -0.39 is 0 Å². The van der Waals surface area contributed by atoms with Crippen molar-refractivity contribution in [2.45, 2.75) is 13.1 Å². The van der Waals surface area contributed by atoms with Crippen molar-refractivity contribution in [3.8, 4) is 11.3 Å². The molecule has 4 aromatic rings. The lowest BCUT2D eigenvalue weighted by Gasteiger charge is -2.06. The molecule has 130 valence electrons. The lowest BCUT2D eigenvalue weighted by Crippen LogP contribution is -2.19. The number of rotatable bonds is 5. The third kappa shape index (κ3) is 3.25. The Morgan fingerprint density at radius 3 is 2.69 bits per heavy atom. The maximum Gasteiger partial charge on any atom is 0.258 e. The summed E-state index contributed by atoms with van der Waals surface area (Å²) in [6, 6.07) is 13.5. The molecule has 2 aromatic carbocycles. The number of benzene rings is 2. The largest absolute Gasteiger partial charge is 0.309 e. The van der Waals surface area contributed by atoms with Gasteiger partial charge in [-0.05, 0) is 36.4 Å². The van der Waals surface area contributed by atoms with Crippen molar-refractivity contribution in [1.82, 2.24) is 25.5 Å². The zero-order chi connectivity index (χ0) is 17.9. The van der Waals surface area contributed by atoms with E-state index >= 15 is 0 Å². The van der Waals surface area contributed by atoms with Crippen LogP contribution in [-0.2, 0) is 13.1 Å². The van der Waals surface area contributed by atoms with E-state index in [2.05, 4.69) is 25.5 Å². The van der Waals surface area contributed by atoms with Gasteiger partial charge in [0.15, 0.2) is 0 Å². The van der Waals surface area contributed by atoms with Crippen LogP contribution in [0.2, 0.25) is 0 Å². The molecular weight excluding hydrogens is 333 g/mol. The number of halogens is 1. The van der Waals surface area contributed by atoms with Gasteiger partial charge in [-0.3, -0.25) is 9.89 Å². The van der Waals surface area contributed by atoms with Crippen molar-refractivity contribution in [2.75, 3.05) is 0 Å². The highest BCUT2D eigenvalue weighted by molar-refractivity contribution is 5.77. The van der Waals surface area contributed by atoms with E-state index in [1.165, 1.54) is 12.1 Å². The van der Waals surface area contributed by atoms with Crippen molar-refractivity contribution >= 4 is 10.9 Å². The molecule has 0 radical (unpaired) electrons. The Balaban J connectivity index is 1.48. The van der Waals surface area contributed by atoms with Crippen LogP contribution in [0.15, 0.2) is 59.5 Å². The molecule has 0 fully saturated rings. The molecule has 2 heterocycles. The van der Waals surface area contributed by atoms with Crippen LogP contribution in [0.4, 0.5) is 4.39 Å². The summed E-state index contributed by atoms with van der Waals surface area (Å²) < 4.78 is 13.1. The first-order valence-corrected chi connectivity index (χ1v) is 8.17. The third-order valence-corrected chi connectivity index (χ3v) is 4.12. The molecule has 3 N–H and O–H groups in total. The fraction of sp³-hybridized carbons (Fsp3) is 0.105. The van der Waals surface area contributed by atoms with Gasteiger partial charge in [0, 0.05) is 17.7 Å². The van der Waals surface area contributed by atoms with Gasteiger partial charge in [-0.25, -0.2) is 9.37 Å². The van der Waals surface area contributed by atoms with Crippen LogP contribution >= 0.6 is 0 Å². The fourth-order valence-corrected chi connectivity index (χ4v) is 2.85. The summed E-state index contributed by atoms with van der Waals surface area (Å²) in [5.41, 5.74) is 3.15. The topological polar surface area (TPSA) is 86.5 Å². The first kappa shape index (κ1) is 16.2. The van der Waals surface area contributed by atoms with Gasteiger partial charge in [0.1, 0.15) is 11.6 Å². The number of aromatic nitrogens is 4. The predicted octanol–water partition coefficient (Wildman–Crippen LogP) is 2.74. The number of aromatic amines is 2. The molecule has 2 aromatic heterocycles. The second kappa shape index (κ2) is 6.89. The zero-order valence-corrected chi connectivity index (χ0v) is 13.8. The Morgan fingerprint density at radius 2 is 1.85 bits per heavy atom. The van der Waals surface area contributed by atoms with Gasteiger partial charge in [0.05, 0.1) is 29.3 Å². The summed E-state index contributed by atoms with van der Waals surface area (Å²) in [5, 5.41) is 10.8. The van der Waals surface area contributed by atoms with Crippen LogP contribution in [0, 0.1) is 5.82 Å². The van der Waals surface area contributed by atoms with Crippen LogP contribution in [0.5, 0.6) is 0 Å². The quantitative estimate of drug-likeness (QED) is 0.517. The van der Waals surface area contributed by atoms with Crippen molar-refractivity contribution < 1.29 is 4.39 Å². The Labute approximate surface area is 148 Å². The summed E-state index contributed by atoms with van der Waals surface area (Å²) in [4.78, 5) is 19.3.